The highest BCUT2D eigenvalue weighted by Crippen LogP contribution is 2.28. The molecule has 106 valence electrons. The van der Waals surface area contributed by atoms with Gasteiger partial charge in [-0.1, -0.05) is 13.3 Å². The molecule has 2 rings (SSSR count). The molecule has 1 saturated heterocycles. The molecule has 0 spiro atoms. The van der Waals surface area contributed by atoms with Gasteiger partial charge in [0.1, 0.15) is 0 Å². The van der Waals surface area contributed by atoms with Gasteiger partial charge in [-0.15, -0.1) is 0 Å². The highest BCUT2D eigenvalue weighted by atomic mass is 32.2. The van der Waals surface area contributed by atoms with Gasteiger partial charge in [-0.2, -0.15) is 0 Å². The number of nitrogens with one attached hydrogen (secondary N) is 1. The summed E-state index contributed by atoms with van der Waals surface area (Å²) in [4.78, 5) is 0. The molecule has 1 aliphatic heterocycles. The van der Waals surface area contributed by atoms with E-state index in [2.05, 4.69) is 12.2 Å². The Kier molecular flexibility index (Phi) is 5.04. The second-order valence-corrected chi connectivity index (χ2v) is 7.76. The summed E-state index contributed by atoms with van der Waals surface area (Å²) < 4.78 is 30.3. The Morgan fingerprint density at radius 2 is 2.06 bits per heavy atom. The fourth-order valence-electron chi connectivity index (χ4n) is 3.08. The smallest absolute Gasteiger partial charge is 0.157 e. The van der Waals surface area contributed by atoms with Crippen molar-refractivity contribution in [1.82, 2.24) is 5.32 Å². The molecule has 1 N–H and O–H groups in total. The zero-order chi connectivity index (χ0) is 13.0. The molecule has 0 bridgehead atoms. The minimum absolute atomic E-state index is 0.0533. The van der Waals surface area contributed by atoms with Gasteiger partial charge in [0.25, 0.3) is 0 Å². The van der Waals surface area contributed by atoms with Crippen LogP contribution in [0.5, 0.6) is 0 Å². The molecule has 0 amide bonds. The van der Waals surface area contributed by atoms with E-state index in [9.17, 15) is 8.42 Å². The summed E-state index contributed by atoms with van der Waals surface area (Å²) in [7, 11) is -3.01. The van der Waals surface area contributed by atoms with Crippen molar-refractivity contribution in [3.05, 3.63) is 0 Å². The maximum Gasteiger partial charge on any atom is 0.157 e. The molecular weight excluding hydrogens is 250 g/mol. The predicted molar refractivity (Wildman–Crippen MR) is 72.5 cm³/mol. The van der Waals surface area contributed by atoms with Crippen molar-refractivity contribution in [2.75, 3.05) is 18.9 Å². The van der Waals surface area contributed by atoms with Crippen LogP contribution >= 0.6 is 0 Å². The topological polar surface area (TPSA) is 55.4 Å². The highest BCUT2D eigenvalue weighted by molar-refractivity contribution is 7.92. The Labute approximate surface area is 110 Å². The quantitative estimate of drug-likeness (QED) is 0.798. The van der Waals surface area contributed by atoms with Gasteiger partial charge >= 0.3 is 0 Å². The summed E-state index contributed by atoms with van der Waals surface area (Å²) in [5.41, 5.74) is 0. The Morgan fingerprint density at radius 3 is 2.72 bits per heavy atom. The third-order valence-electron chi connectivity index (χ3n) is 4.01. The van der Waals surface area contributed by atoms with Crippen LogP contribution in [0.25, 0.3) is 0 Å². The van der Waals surface area contributed by atoms with Crippen molar-refractivity contribution in [1.29, 1.82) is 0 Å². The van der Waals surface area contributed by atoms with Crippen LogP contribution in [0.2, 0.25) is 0 Å². The second-order valence-electron chi connectivity index (χ2n) is 5.49. The van der Waals surface area contributed by atoms with Gasteiger partial charge in [0.05, 0.1) is 17.1 Å². The minimum atomic E-state index is -3.01. The van der Waals surface area contributed by atoms with Crippen molar-refractivity contribution in [3.8, 4) is 0 Å². The number of sulfone groups is 1. The molecule has 1 aliphatic carbocycles. The predicted octanol–water partition coefficient (Wildman–Crippen LogP) is 1.50. The summed E-state index contributed by atoms with van der Waals surface area (Å²) in [5.74, 6) is 0.224. The lowest BCUT2D eigenvalue weighted by Gasteiger charge is -2.22. The molecule has 1 saturated carbocycles. The molecule has 0 aromatic carbocycles. The maximum atomic E-state index is 12.4. The van der Waals surface area contributed by atoms with Crippen molar-refractivity contribution < 1.29 is 13.2 Å². The largest absolute Gasteiger partial charge is 0.377 e. The molecule has 0 aromatic rings. The first-order valence-electron chi connectivity index (χ1n) is 7.20. The number of rotatable bonds is 6. The lowest BCUT2D eigenvalue weighted by Crippen LogP contribution is -2.43. The first kappa shape index (κ1) is 14.3. The summed E-state index contributed by atoms with van der Waals surface area (Å²) in [5, 5.41) is 3.21. The van der Waals surface area contributed by atoms with Crippen molar-refractivity contribution in [3.63, 3.8) is 0 Å². The van der Waals surface area contributed by atoms with E-state index in [-0.39, 0.29) is 23.1 Å². The Hall–Kier alpha value is -0.130. The van der Waals surface area contributed by atoms with Gasteiger partial charge in [0.2, 0.25) is 0 Å². The van der Waals surface area contributed by atoms with E-state index >= 15 is 0 Å². The summed E-state index contributed by atoms with van der Waals surface area (Å²) in [6, 6.07) is 0.163. The highest BCUT2D eigenvalue weighted by Gasteiger charge is 2.38. The molecule has 0 aromatic heterocycles. The molecule has 4 nitrogen and oxygen atoms in total. The van der Waals surface area contributed by atoms with Crippen LogP contribution in [0, 0.1) is 0 Å². The SMILES string of the molecule is CCCNC1CCCC1S(=O)(=O)CC1CCCO1. The van der Waals surface area contributed by atoms with Crippen LogP contribution < -0.4 is 5.32 Å². The molecule has 2 aliphatic rings. The number of hydrogen-bond donors (Lipinski definition) is 1. The average Bonchev–Trinajstić information content (AvgIpc) is 2.96. The third kappa shape index (κ3) is 3.45. The average molecular weight is 275 g/mol. The Bertz CT molecular complexity index is 349. The van der Waals surface area contributed by atoms with E-state index < -0.39 is 9.84 Å². The fourth-order valence-corrected chi connectivity index (χ4v) is 5.36. The first-order valence-corrected chi connectivity index (χ1v) is 8.91. The van der Waals surface area contributed by atoms with Gasteiger partial charge in [-0.3, -0.25) is 0 Å². The van der Waals surface area contributed by atoms with E-state index in [1.807, 2.05) is 0 Å². The molecular formula is C13H25NO3S. The Morgan fingerprint density at radius 1 is 1.22 bits per heavy atom. The van der Waals surface area contributed by atoms with Crippen molar-refractivity contribution >= 4 is 9.84 Å². The molecule has 2 fully saturated rings. The van der Waals surface area contributed by atoms with Gasteiger partial charge in [-0.25, -0.2) is 8.42 Å². The van der Waals surface area contributed by atoms with E-state index in [1.165, 1.54) is 0 Å². The van der Waals surface area contributed by atoms with Crippen LogP contribution in [0.15, 0.2) is 0 Å². The van der Waals surface area contributed by atoms with Crippen LogP contribution in [0.1, 0.15) is 45.4 Å². The maximum absolute atomic E-state index is 12.4. The monoisotopic (exact) mass is 275 g/mol. The summed E-state index contributed by atoms with van der Waals surface area (Å²) in [6.45, 7) is 3.75. The van der Waals surface area contributed by atoms with E-state index in [0.717, 1.165) is 51.7 Å². The van der Waals surface area contributed by atoms with Crippen LogP contribution in [-0.2, 0) is 14.6 Å². The molecule has 3 atom stereocenters. The normalized spacial score (nSPS) is 33.1. The lowest BCUT2D eigenvalue weighted by molar-refractivity contribution is 0.127. The van der Waals surface area contributed by atoms with Gasteiger partial charge in [0, 0.05) is 12.6 Å². The molecule has 5 heteroatoms. The van der Waals surface area contributed by atoms with Gasteiger partial charge in [0.15, 0.2) is 9.84 Å². The number of ether oxygens (including phenoxy) is 1. The molecule has 18 heavy (non-hydrogen) atoms. The first-order chi connectivity index (χ1) is 8.63. The number of hydrogen-bond acceptors (Lipinski definition) is 4. The van der Waals surface area contributed by atoms with Crippen LogP contribution in [-0.4, -0.2) is 44.7 Å². The standard InChI is InChI=1S/C13H25NO3S/c1-2-8-14-12-6-3-7-13(12)18(15,16)10-11-5-4-9-17-11/h11-14H,2-10H2,1H3. The van der Waals surface area contributed by atoms with Gasteiger partial charge < -0.3 is 10.1 Å². The van der Waals surface area contributed by atoms with E-state index in [4.69, 9.17) is 4.74 Å². The lowest BCUT2D eigenvalue weighted by atomic mass is 10.2. The Balaban J connectivity index is 1.94. The summed E-state index contributed by atoms with van der Waals surface area (Å²) in [6.07, 6.45) is 5.74. The fraction of sp³-hybridized carbons (Fsp3) is 1.00. The van der Waals surface area contributed by atoms with E-state index in [0.29, 0.717) is 0 Å². The van der Waals surface area contributed by atoms with Crippen molar-refractivity contribution in [2.45, 2.75) is 62.8 Å². The second kappa shape index (κ2) is 6.35. The summed E-state index contributed by atoms with van der Waals surface area (Å²) >= 11 is 0. The third-order valence-corrected chi connectivity index (χ3v) is 6.34. The van der Waals surface area contributed by atoms with Crippen LogP contribution in [0.3, 0.4) is 0 Å². The minimum Gasteiger partial charge on any atom is -0.377 e. The van der Waals surface area contributed by atoms with Crippen LogP contribution in [0.4, 0.5) is 0 Å². The van der Waals surface area contributed by atoms with Crippen molar-refractivity contribution in [2.24, 2.45) is 0 Å². The molecule has 3 unspecified atom stereocenters. The molecule has 0 radical (unpaired) electrons. The zero-order valence-corrected chi connectivity index (χ0v) is 12.0. The van der Waals surface area contributed by atoms with Gasteiger partial charge in [-0.05, 0) is 38.6 Å². The van der Waals surface area contributed by atoms with E-state index in [1.54, 1.807) is 0 Å². The zero-order valence-electron chi connectivity index (χ0n) is 11.2. The molecule has 1 heterocycles.